The molecule has 0 aliphatic carbocycles. The molecule has 0 fully saturated rings. The molecule has 0 aliphatic rings. The maximum Gasteiger partial charge on any atom is 0.261 e. The van der Waals surface area contributed by atoms with Gasteiger partial charge in [0, 0.05) is 13.2 Å². The number of ether oxygens (including phenoxy) is 2. The van der Waals surface area contributed by atoms with Crippen molar-refractivity contribution in [1.82, 2.24) is 5.32 Å². The number of methoxy groups -OCH3 is 1. The third kappa shape index (κ3) is 4.71. The molecular weight excluding hydrogens is 237 g/mol. The smallest absolute Gasteiger partial charge is 0.261 e. The Morgan fingerprint density at radius 2 is 1.94 bits per heavy atom. The molecule has 4 nitrogen and oxygen atoms in total. The fourth-order valence-electron chi connectivity index (χ4n) is 1.42. The first-order chi connectivity index (χ1) is 8.52. The van der Waals surface area contributed by atoms with Crippen LogP contribution in [0.2, 0.25) is 0 Å². The number of hydrogen-bond donors (Lipinski definition) is 1. The average Bonchev–Trinajstić information content (AvgIpc) is 2.32. The number of rotatable bonds is 6. The van der Waals surface area contributed by atoms with Crippen LogP contribution in [0.4, 0.5) is 4.39 Å². The molecule has 0 unspecified atom stereocenters. The topological polar surface area (TPSA) is 47.6 Å². The molecule has 0 saturated heterocycles. The number of carbonyl (C=O) groups is 1. The lowest BCUT2D eigenvalue weighted by Gasteiger charge is -2.18. The minimum Gasteiger partial charge on any atom is -0.481 e. The molecule has 0 heterocycles. The average molecular weight is 255 g/mol. The number of benzene rings is 1. The predicted molar refractivity (Wildman–Crippen MR) is 66.0 cm³/mol. The Kier molecular flexibility index (Phi) is 5.58. The minimum absolute atomic E-state index is 0.0817. The predicted octanol–water partition coefficient (Wildman–Crippen LogP) is 1.74. The second-order valence-corrected chi connectivity index (χ2v) is 4.08. The molecule has 0 aliphatic heterocycles. The zero-order valence-electron chi connectivity index (χ0n) is 10.8. The number of carbonyl (C=O) groups excluding carboxylic acids is 1. The fourth-order valence-corrected chi connectivity index (χ4v) is 1.42. The van der Waals surface area contributed by atoms with E-state index in [1.165, 1.54) is 24.3 Å². The van der Waals surface area contributed by atoms with Crippen molar-refractivity contribution >= 4 is 5.91 Å². The molecule has 0 radical (unpaired) electrons. The highest BCUT2D eigenvalue weighted by Crippen LogP contribution is 2.13. The van der Waals surface area contributed by atoms with Gasteiger partial charge in [0.05, 0.1) is 6.61 Å². The first kappa shape index (κ1) is 14.4. The molecule has 100 valence electrons. The number of halogens is 1. The molecule has 1 aromatic carbocycles. The highest BCUT2D eigenvalue weighted by Gasteiger charge is 2.16. The molecule has 0 aromatic heterocycles. The maximum absolute atomic E-state index is 12.7. The van der Waals surface area contributed by atoms with Crippen molar-refractivity contribution < 1.29 is 18.7 Å². The van der Waals surface area contributed by atoms with Crippen LogP contribution in [0.15, 0.2) is 24.3 Å². The van der Waals surface area contributed by atoms with Gasteiger partial charge in [0.1, 0.15) is 11.6 Å². The number of nitrogens with one attached hydrogen (secondary N) is 1. The third-order valence-corrected chi connectivity index (χ3v) is 2.30. The van der Waals surface area contributed by atoms with Crippen LogP contribution in [-0.4, -0.2) is 31.8 Å². The van der Waals surface area contributed by atoms with Crippen molar-refractivity contribution in [1.29, 1.82) is 0 Å². The lowest BCUT2D eigenvalue weighted by Crippen LogP contribution is -2.43. The summed E-state index contributed by atoms with van der Waals surface area (Å²) >= 11 is 0. The van der Waals surface area contributed by atoms with E-state index in [1.54, 1.807) is 14.0 Å². The van der Waals surface area contributed by atoms with Gasteiger partial charge in [-0.25, -0.2) is 4.39 Å². The summed E-state index contributed by atoms with van der Waals surface area (Å²) in [5, 5.41) is 2.75. The van der Waals surface area contributed by atoms with Gasteiger partial charge in [-0.3, -0.25) is 4.79 Å². The van der Waals surface area contributed by atoms with Gasteiger partial charge in [-0.15, -0.1) is 0 Å². The van der Waals surface area contributed by atoms with Crippen LogP contribution in [0.5, 0.6) is 5.75 Å². The zero-order valence-corrected chi connectivity index (χ0v) is 10.8. The minimum atomic E-state index is -0.644. The Balaban J connectivity index is 2.46. The molecular formula is C13H18FNO3. The summed E-state index contributed by atoms with van der Waals surface area (Å²) in [6.07, 6.45) is -0.644. The molecule has 1 N–H and O–H groups in total. The van der Waals surface area contributed by atoms with Gasteiger partial charge in [0.2, 0.25) is 0 Å². The summed E-state index contributed by atoms with van der Waals surface area (Å²) in [6.45, 7) is 3.92. The van der Waals surface area contributed by atoms with E-state index in [-0.39, 0.29) is 17.8 Å². The lowest BCUT2D eigenvalue weighted by molar-refractivity contribution is -0.128. The van der Waals surface area contributed by atoms with Gasteiger partial charge in [-0.2, -0.15) is 0 Å². The second kappa shape index (κ2) is 6.96. The third-order valence-electron chi connectivity index (χ3n) is 2.30. The molecule has 1 amide bonds. The van der Waals surface area contributed by atoms with Crippen molar-refractivity contribution in [3.8, 4) is 5.75 Å². The quantitative estimate of drug-likeness (QED) is 0.842. The summed E-state index contributed by atoms with van der Waals surface area (Å²) in [7, 11) is 1.57. The lowest BCUT2D eigenvalue weighted by atomic mass is 10.3. The SMILES string of the molecule is COC[C@H](C)NC(=O)[C@@H](C)Oc1ccc(F)cc1. The van der Waals surface area contributed by atoms with Crippen LogP contribution in [0.1, 0.15) is 13.8 Å². The van der Waals surface area contributed by atoms with Gasteiger partial charge in [0.15, 0.2) is 6.10 Å². The van der Waals surface area contributed by atoms with E-state index in [2.05, 4.69) is 5.32 Å². The van der Waals surface area contributed by atoms with Gasteiger partial charge in [-0.05, 0) is 38.1 Å². The molecule has 0 spiro atoms. The van der Waals surface area contributed by atoms with Crippen molar-refractivity contribution in [3.05, 3.63) is 30.1 Å². The zero-order chi connectivity index (χ0) is 13.5. The van der Waals surface area contributed by atoms with Crippen LogP contribution in [0.3, 0.4) is 0 Å². The Bertz CT molecular complexity index is 380. The largest absolute Gasteiger partial charge is 0.481 e. The Hall–Kier alpha value is -1.62. The van der Waals surface area contributed by atoms with Crippen LogP contribution in [0, 0.1) is 5.82 Å². The highest BCUT2D eigenvalue weighted by atomic mass is 19.1. The van der Waals surface area contributed by atoms with E-state index in [4.69, 9.17) is 9.47 Å². The summed E-state index contributed by atoms with van der Waals surface area (Å²) in [5.74, 6) is -0.115. The maximum atomic E-state index is 12.7. The van der Waals surface area contributed by atoms with Crippen LogP contribution >= 0.6 is 0 Å². The molecule has 18 heavy (non-hydrogen) atoms. The van der Waals surface area contributed by atoms with Crippen LogP contribution < -0.4 is 10.1 Å². The molecule has 0 bridgehead atoms. The number of amides is 1. The van der Waals surface area contributed by atoms with Crippen molar-refractivity contribution in [2.75, 3.05) is 13.7 Å². The van der Waals surface area contributed by atoms with E-state index >= 15 is 0 Å². The Morgan fingerprint density at radius 3 is 2.50 bits per heavy atom. The second-order valence-electron chi connectivity index (χ2n) is 4.08. The van der Waals surface area contributed by atoms with E-state index in [9.17, 15) is 9.18 Å². The number of hydrogen-bond acceptors (Lipinski definition) is 3. The Morgan fingerprint density at radius 1 is 1.33 bits per heavy atom. The highest BCUT2D eigenvalue weighted by molar-refractivity contribution is 5.80. The van der Waals surface area contributed by atoms with E-state index < -0.39 is 6.10 Å². The molecule has 2 atom stereocenters. The first-order valence-electron chi connectivity index (χ1n) is 5.74. The van der Waals surface area contributed by atoms with Gasteiger partial charge in [-0.1, -0.05) is 0 Å². The summed E-state index contributed by atoms with van der Waals surface area (Å²) in [6, 6.07) is 5.46. The van der Waals surface area contributed by atoms with Crippen LogP contribution in [0.25, 0.3) is 0 Å². The monoisotopic (exact) mass is 255 g/mol. The van der Waals surface area contributed by atoms with E-state index in [0.717, 1.165) is 0 Å². The molecule has 1 aromatic rings. The molecule has 5 heteroatoms. The van der Waals surface area contributed by atoms with Crippen LogP contribution in [-0.2, 0) is 9.53 Å². The first-order valence-corrected chi connectivity index (χ1v) is 5.74. The van der Waals surface area contributed by atoms with E-state index in [1.807, 2.05) is 6.92 Å². The van der Waals surface area contributed by atoms with Crippen molar-refractivity contribution in [2.45, 2.75) is 26.0 Å². The standard InChI is InChI=1S/C13H18FNO3/c1-9(8-17-3)15-13(16)10(2)18-12-6-4-11(14)5-7-12/h4-7,9-10H,8H2,1-3H3,(H,15,16)/t9-,10+/m0/s1. The molecule has 0 saturated carbocycles. The summed E-state index contributed by atoms with van der Waals surface area (Å²) in [5.41, 5.74) is 0. The summed E-state index contributed by atoms with van der Waals surface area (Å²) in [4.78, 5) is 11.7. The van der Waals surface area contributed by atoms with Gasteiger partial charge < -0.3 is 14.8 Å². The Labute approximate surface area is 106 Å². The summed E-state index contributed by atoms with van der Waals surface area (Å²) < 4.78 is 23.0. The van der Waals surface area contributed by atoms with Gasteiger partial charge >= 0.3 is 0 Å². The van der Waals surface area contributed by atoms with E-state index in [0.29, 0.717) is 12.4 Å². The normalized spacial score (nSPS) is 13.8. The fraction of sp³-hybridized carbons (Fsp3) is 0.462. The van der Waals surface area contributed by atoms with Crippen molar-refractivity contribution in [3.63, 3.8) is 0 Å². The molecule has 1 rings (SSSR count). The van der Waals surface area contributed by atoms with Gasteiger partial charge in [0.25, 0.3) is 5.91 Å². The van der Waals surface area contributed by atoms with Crippen molar-refractivity contribution in [2.24, 2.45) is 0 Å².